The number of hydrogen-bond donors (Lipinski definition) is 1. The molecule has 24 heavy (non-hydrogen) atoms. The minimum absolute atomic E-state index is 0.591. The van der Waals surface area contributed by atoms with Crippen molar-refractivity contribution in [3.8, 4) is 5.75 Å². The number of rotatable bonds is 9. The molecule has 2 aromatic carbocycles. The van der Waals surface area contributed by atoms with Crippen LogP contribution in [0.15, 0.2) is 54.6 Å². The molecule has 0 saturated carbocycles. The van der Waals surface area contributed by atoms with Crippen molar-refractivity contribution < 1.29 is 9.53 Å². The van der Waals surface area contributed by atoms with Crippen molar-refractivity contribution in [2.24, 2.45) is 0 Å². The number of aromatic nitrogens is 2. The van der Waals surface area contributed by atoms with E-state index in [0.29, 0.717) is 19.6 Å². The molecular formula is C19H21N3O2. The molecule has 1 heterocycles. The maximum atomic E-state index is 10.4. The summed E-state index contributed by atoms with van der Waals surface area (Å²) in [6.07, 6.45) is 2.33. The molecular weight excluding hydrogens is 302 g/mol. The number of amides is 1. The monoisotopic (exact) mass is 323 g/mol. The number of carbonyl (C=O) groups is 1. The molecule has 0 aliphatic rings. The smallest absolute Gasteiger partial charge is 0.207 e. The summed E-state index contributed by atoms with van der Waals surface area (Å²) in [7, 11) is 0. The lowest BCUT2D eigenvalue weighted by Gasteiger charge is -2.10. The summed E-state index contributed by atoms with van der Waals surface area (Å²) in [5.41, 5.74) is 2.11. The Balaban J connectivity index is 1.65. The van der Waals surface area contributed by atoms with Gasteiger partial charge in [-0.1, -0.05) is 30.3 Å². The third-order valence-corrected chi connectivity index (χ3v) is 3.85. The van der Waals surface area contributed by atoms with Crippen molar-refractivity contribution in [1.29, 1.82) is 0 Å². The van der Waals surface area contributed by atoms with Crippen molar-refractivity contribution in [1.82, 2.24) is 14.9 Å². The van der Waals surface area contributed by atoms with Crippen molar-refractivity contribution in [3.63, 3.8) is 0 Å². The third-order valence-electron chi connectivity index (χ3n) is 3.85. The molecule has 124 valence electrons. The van der Waals surface area contributed by atoms with Gasteiger partial charge in [-0.3, -0.25) is 4.79 Å². The standard InChI is InChI=1S/C19H21N3O2/c23-15-20-12-11-19-21-17-9-4-5-10-18(17)22(19)13-6-14-24-16-7-2-1-3-8-16/h1-5,7-10,15H,6,11-14H2,(H,20,23). The van der Waals surface area contributed by atoms with Crippen LogP contribution in [0.25, 0.3) is 11.0 Å². The number of fused-ring (bicyclic) bond motifs is 1. The van der Waals surface area contributed by atoms with E-state index in [-0.39, 0.29) is 0 Å². The molecule has 3 rings (SSSR count). The Hall–Kier alpha value is -2.82. The second kappa shape index (κ2) is 8.15. The first-order valence-electron chi connectivity index (χ1n) is 8.17. The molecule has 0 radical (unpaired) electrons. The fourth-order valence-corrected chi connectivity index (χ4v) is 2.74. The quantitative estimate of drug-likeness (QED) is 0.487. The minimum Gasteiger partial charge on any atom is -0.494 e. The lowest BCUT2D eigenvalue weighted by atomic mass is 10.3. The number of para-hydroxylation sites is 3. The summed E-state index contributed by atoms with van der Waals surface area (Å²) < 4.78 is 7.98. The highest BCUT2D eigenvalue weighted by Gasteiger charge is 2.09. The highest BCUT2D eigenvalue weighted by Crippen LogP contribution is 2.17. The Bertz CT molecular complexity index is 784. The predicted octanol–water partition coefficient (Wildman–Crippen LogP) is 2.79. The second-order valence-corrected chi connectivity index (χ2v) is 5.51. The van der Waals surface area contributed by atoms with Crippen molar-refractivity contribution in [2.45, 2.75) is 19.4 Å². The fourth-order valence-electron chi connectivity index (χ4n) is 2.74. The minimum atomic E-state index is 0.591. The maximum Gasteiger partial charge on any atom is 0.207 e. The number of nitrogens with zero attached hydrogens (tertiary/aromatic N) is 2. The van der Waals surface area contributed by atoms with Crippen LogP contribution in [0.3, 0.4) is 0 Å². The van der Waals surface area contributed by atoms with E-state index >= 15 is 0 Å². The highest BCUT2D eigenvalue weighted by molar-refractivity contribution is 5.75. The number of ether oxygens (including phenoxy) is 1. The third kappa shape index (κ3) is 3.93. The molecule has 0 aliphatic heterocycles. The molecule has 3 aromatic rings. The van der Waals surface area contributed by atoms with Crippen LogP contribution in [0.4, 0.5) is 0 Å². The molecule has 0 spiro atoms. The Morgan fingerprint density at radius 2 is 1.88 bits per heavy atom. The van der Waals surface area contributed by atoms with Gasteiger partial charge >= 0.3 is 0 Å². The Morgan fingerprint density at radius 1 is 1.08 bits per heavy atom. The van der Waals surface area contributed by atoms with Gasteiger partial charge in [-0.05, 0) is 30.7 Å². The van der Waals surface area contributed by atoms with E-state index in [9.17, 15) is 4.79 Å². The van der Waals surface area contributed by atoms with Crippen LogP contribution >= 0.6 is 0 Å². The molecule has 0 unspecified atom stereocenters. The van der Waals surface area contributed by atoms with Gasteiger partial charge in [0.2, 0.25) is 6.41 Å². The molecule has 1 aromatic heterocycles. The zero-order valence-electron chi connectivity index (χ0n) is 13.5. The zero-order chi connectivity index (χ0) is 16.6. The van der Waals surface area contributed by atoms with Gasteiger partial charge in [0.15, 0.2) is 0 Å². The van der Waals surface area contributed by atoms with E-state index in [0.717, 1.165) is 42.0 Å². The molecule has 0 saturated heterocycles. The molecule has 0 atom stereocenters. The Labute approximate surface area is 141 Å². The van der Waals surface area contributed by atoms with Gasteiger partial charge < -0.3 is 14.6 Å². The number of benzene rings is 2. The normalized spacial score (nSPS) is 10.7. The van der Waals surface area contributed by atoms with E-state index in [1.165, 1.54) is 0 Å². The summed E-state index contributed by atoms with van der Waals surface area (Å²) >= 11 is 0. The van der Waals surface area contributed by atoms with Crippen LogP contribution in [-0.2, 0) is 17.8 Å². The van der Waals surface area contributed by atoms with Gasteiger partial charge in [0.25, 0.3) is 0 Å². The van der Waals surface area contributed by atoms with Crippen molar-refractivity contribution in [3.05, 3.63) is 60.4 Å². The average molecular weight is 323 g/mol. The SMILES string of the molecule is O=CNCCc1nc2ccccc2n1CCCOc1ccccc1. The number of aryl methyl sites for hydroxylation is 1. The summed E-state index contributed by atoms with van der Waals surface area (Å²) in [5.74, 6) is 1.88. The van der Waals surface area contributed by atoms with Crippen LogP contribution in [0.1, 0.15) is 12.2 Å². The van der Waals surface area contributed by atoms with Gasteiger partial charge in [0, 0.05) is 19.5 Å². The summed E-state index contributed by atoms with van der Waals surface area (Å²) in [6, 6.07) is 17.9. The summed E-state index contributed by atoms with van der Waals surface area (Å²) in [6.45, 7) is 2.08. The summed E-state index contributed by atoms with van der Waals surface area (Å²) in [4.78, 5) is 15.1. The topological polar surface area (TPSA) is 56.2 Å². The highest BCUT2D eigenvalue weighted by atomic mass is 16.5. The molecule has 5 heteroatoms. The van der Waals surface area contributed by atoms with Gasteiger partial charge in [0.1, 0.15) is 11.6 Å². The number of nitrogens with one attached hydrogen (secondary N) is 1. The van der Waals surface area contributed by atoms with E-state index < -0.39 is 0 Å². The molecule has 1 amide bonds. The molecule has 5 nitrogen and oxygen atoms in total. The van der Waals surface area contributed by atoms with Crippen LogP contribution in [0, 0.1) is 0 Å². The fraction of sp³-hybridized carbons (Fsp3) is 0.263. The Kier molecular flexibility index (Phi) is 5.45. The first-order chi connectivity index (χ1) is 11.9. The molecule has 1 N–H and O–H groups in total. The van der Waals surface area contributed by atoms with Gasteiger partial charge in [-0.15, -0.1) is 0 Å². The lowest BCUT2D eigenvalue weighted by Crippen LogP contribution is -2.17. The van der Waals surface area contributed by atoms with E-state index in [4.69, 9.17) is 4.74 Å². The van der Waals surface area contributed by atoms with E-state index in [1.807, 2.05) is 48.5 Å². The van der Waals surface area contributed by atoms with E-state index in [1.54, 1.807) is 0 Å². The molecule has 0 fully saturated rings. The van der Waals surface area contributed by atoms with Crippen LogP contribution in [0.2, 0.25) is 0 Å². The lowest BCUT2D eigenvalue weighted by molar-refractivity contribution is -0.109. The zero-order valence-corrected chi connectivity index (χ0v) is 13.5. The largest absolute Gasteiger partial charge is 0.494 e. The van der Waals surface area contributed by atoms with Crippen molar-refractivity contribution >= 4 is 17.4 Å². The van der Waals surface area contributed by atoms with E-state index in [2.05, 4.69) is 20.9 Å². The summed E-state index contributed by atoms with van der Waals surface area (Å²) in [5, 5.41) is 2.70. The predicted molar refractivity (Wildman–Crippen MR) is 94.1 cm³/mol. The van der Waals surface area contributed by atoms with Crippen molar-refractivity contribution in [2.75, 3.05) is 13.2 Å². The van der Waals surface area contributed by atoms with Gasteiger partial charge in [-0.25, -0.2) is 4.98 Å². The first kappa shape index (κ1) is 16.1. The number of carbonyl (C=O) groups excluding carboxylic acids is 1. The Morgan fingerprint density at radius 3 is 2.71 bits per heavy atom. The maximum absolute atomic E-state index is 10.4. The van der Waals surface area contributed by atoms with Gasteiger partial charge in [-0.2, -0.15) is 0 Å². The second-order valence-electron chi connectivity index (χ2n) is 5.51. The van der Waals surface area contributed by atoms with Crippen LogP contribution < -0.4 is 10.1 Å². The number of imidazole rings is 1. The first-order valence-corrected chi connectivity index (χ1v) is 8.17. The molecule has 0 bridgehead atoms. The van der Waals surface area contributed by atoms with Crippen LogP contribution in [-0.4, -0.2) is 29.1 Å². The molecule has 0 aliphatic carbocycles. The van der Waals surface area contributed by atoms with Crippen LogP contribution in [0.5, 0.6) is 5.75 Å². The number of hydrogen-bond acceptors (Lipinski definition) is 3. The van der Waals surface area contributed by atoms with Gasteiger partial charge in [0.05, 0.1) is 17.6 Å². The average Bonchev–Trinajstić information content (AvgIpc) is 2.97.